The summed E-state index contributed by atoms with van der Waals surface area (Å²) in [6.07, 6.45) is -4.25. The zero-order valence-electron chi connectivity index (χ0n) is 16.2. The maximum atomic E-state index is 13.4. The zero-order chi connectivity index (χ0) is 21.8. The van der Waals surface area contributed by atoms with Crippen molar-refractivity contribution < 1.29 is 27.8 Å². The van der Waals surface area contributed by atoms with Gasteiger partial charge in [-0.1, -0.05) is 22.9 Å². The summed E-state index contributed by atoms with van der Waals surface area (Å²) in [5, 5.41) is 18.6. The molecule has 1 fully saturated rings. The molecule has 0 radical (unpaired) electrons. The largest absolute Gasteiger partial charge is 0.471 e. The number of nitrogens with zero attached hydrogens (tertiary/aromatic N) is 4. The Bertz CT molecular complexity index is 982. The van der Waals surface area contributed by atoms with Crippen LogP contribution in [0.4, 0.5) is 13.2 Å². The van der Waals surface area contributed by atoms with Crippen molar-refractivity contribution in [3.63, 3.8) is 0 Å². The van der Waals surface area contributed by atoms with Gasteiger partial charge in [-0.15, -0.1) is 5.10 Å². The van der Waals surface area contributed by atoms with Crippen LogP contribution in [0.15, 0.2) is 24.4 Å². The van der Waals surface area contributed by atoms with Crippen molar-refractivity contribution in [1.82, 2.24) is 19.9 Å². The van der Waals surface area contributed by atoms with Gasteiger partial charge < -0.3 is 14.7 Å². The van der Waals surface area contributed by atoms with E-state index in [2.05, 4.69) is 10.3 Å². The molecule has 0 aliphatic carbocycles. The number of alkyl halides is 3. The van der Waals surface area contributed by atoms with Crippen molar-refractivity contribution in [3.8, 4) is 0 Å². The van der Waals surface area contributed by atoms with Gasteiger partial charge in [0, 0.05) is 31.0 Å². The number of halogens is 4. The normalized spacial score (nSPS) is 29.2. The maximum absolute atomic E-state index is 13.4. The third-order valence-corrected chi connectivity index (χ3v) is 6.01. The number of ether oxygens (including phenoxy) is 1. The lowest BCUT2D eigenvalue weighted by Crippen LogP contribution is -2.57. The first-order valence-corrected chi connectivity index (χ1v) is 9.77. The lowest BCUT2D eigenvalue weighted by Gasteiger charge is -2.52. The Labute approximate surface area is 175 Å². The highest BCUT2D eigenvalue weighted by atomic mass is 35.5. The standard InChI is InChI=1S/C19H20ClF3N4O3/c1-10-6-18(13-4-3-11(20)5-12(13)16(28)9-30-18)7-15(14-8-26(2)25-24-14)27(10)17(29)19(21,22)23/h3-5,8,10,15-16,28H,6-7,9H2,1-2H3/t10-,15-,16+,18-/m0/s1. The molecule has 0 bridgehead atoms. The second kappa shape index (κ2) is 7.21. The Morgan fingerprint density at radius 3 is 2.73 bits per heavy atom. The number of hydrogen-bond acceptors (Lipinski definition) is 5. The summed E-state index contributed by atoms with van der Waals surface area (Å²) in [4.78, 5) is 13.1. The van der Waals surface area contributed by atoms with E-state index in [9.17, 15) is 23.1 Å². The number of aryl methyl sites for hydroxylation is 1. The van der Waals surface area contributed by atoms with Gasteiger partial charge >= 0.3 is 12.1 Å². The number of piperidine rings is 1. The zero-order valence-corrected chi connectivity index (χ0v) is 17.0. The minimum Gasteiger partial charge on any atom is -0.386 e. The van der Waals surface area contributed by atoms with Crippen LogP contribution in [-0.2, 0) is 22.2 Å². The molecule has 4 atom stereocenters. The molecule has 11 heteroatoms. The van der Waals surface area contributed by atoms with Crippen LogP contribution >= 0.6 is 11.6 Å². The highest BCUT2D eigenvalue weighted by Crippen LogP contribution is 2.52. The number of aliphatic hydroxyl groups is 1. The quantitative estimate of drug-likeness (QED) is 0.731. The van der Waals surface area contributed by atoms with Gasteiger partial charge in [-0.3, -0.25) is 9.48 Å². The topological polar surface area (TPSA) is 80.5 Å². The van der Waals surface area contributed by atoms with Gasteiger partial charge in [-0.2, -0.15) is 13.2 Å². The fourth-order valence-electron chi connectivity index (χ4n) is 4.60. The van der Waals surface area contributed by atoms with Crippen molar-refractivity contribution in [1.29, 1.82) is 0 Å². The van der Waals surface area contributed by atoms with Gasteiger partial charge in [0.05, 0.1) is 24.4 Å². The SMILES string of the molecule is C[C@H]1C[C@@]2(C[C@@H](c3cn(C)nn3)N1C(=O)C(F)(F)F)OC[C@@H](O)c1cc(Cl)ccc12. The molecule has 2 aliphatic heterocycles. The minimum atomic E-state index is -5.02. The molecule has 2 aromatic rings. The summed E-state index contributed by atoms with van der Waals surface area (Å²) in [5.41, 5.74) is 0.481. The highest BCUT2D eigenvalue weighted by Gasteiger charge is 2.55. The van der Waals surface area contributed by atoms with E-state index in [1.54, 1.807) is 32.2 Å². The van der Waals surface area contributed by atoms with E-state index in [4.69, 9.17) is 16.3 Å². The molecule has 1 aromatic carbocycles. The Balaban J connectivity index is 1.82. The van der Waals surface area contributed by atoms with E-state index in [-0.39, 0.29) is 25.1 Å². The second-order valence-corrected chi connectivity index (χ2v) is 8.29. The molecule has 4 rings (SSSR count). The summed E-state index contributed by atoms with van der Waals surface area (Å²) in [6, 6.07) is 3.20. The van der Waals surface area contributed by atoms with Gasteiger partial charge in [-0.05, 0) is 30.2 Å². The van der Waals surface area contributed by atoms with Crippen molar-refractivity contribution in [2.24, 2.45) is 7.05 Å². The molecule has 1 saturated heterocycles. The molecule has 30 heavy (non-hydrogen) atoms. The second-order valence-electron chi connectivity index (χ2n) is 7.85. The number of aromatic nitrogens is 3. The molecule has 162 valence electrons. The van der Waals surface area contributed by atoms with Gasteiger partial charge in [0.15, 0.2) is 0 Å². The summed E-state index contributed by atoms with van der Waals surface area (Å²) in [5.74, 6) is -1.92. The molecule has 7 nitrogen and oxygen atoms in total. The summed E-state index contributed by atoms with van der Waals surface area (Å²) >= 11 is 6.09. The number of fused-ring (bicyclic) bond motifs is 2. The Morgan fingerprint density at radius 2 is 2.10 bits per heavy atom. The van der Waals surface area contributed by atoms with Crippen LogP contribution in [0.1, 0.15) is 48.7 Å². The summed E-state index contributed by atoms with van der Waals surface area (Å²) < 4.78 is 47.5. The van der Waals surface area contributed by atoms with E-state index >= 15 is 0 Å². The molecule has 0 unspecified atom stereocenters. The lowest BCUT2D eigenvalue weighted by atomic mass is 9.73. The van der Waals surface area contributed by atoms with E-state index in [0.29, 0.717) is 16.1 Å². The molecule has 0 saturated carbocycles. The first-order valence-electron chi connectivity index (χ1n) is 9.39. The van der Waals surface area contributed by atoms with Gasteiger partial charge in [0.25, 0.3) is 0 Å². The van der Waals surface area contributed by atoms with Crippen LogP contribution in [0.25, 0.3) is 0 Å². The Hall–Kier alpha value is -2.17. The van der Waals surface area contributed by atoms with Crippen LogP contribution in [0, 0.1) is 0 Å². The van der Waals surface area contributed by atoms with Crippen LogP contribution < -0.4 is 0 Å². The van der Waals surface area contributed by atoms with Gasteiger partial charge in [0.2, 0.25) is 0 Å². The number of carbonyl (C=O) groups is 1. The smallest absolute Gasteiger partial charge is 0.386 e. The first-order chi connectivity index (χ1) is 14.0. The van der Waals surface area contributed by atoms with Crippen molar-refractivity contribution in [2.45, 2.75) is 49.7 Å². The number of benzene rings is 1. The summed E-state index contributed by atoms with van der Waals surface area (Å²) in [6.45, 7) is 1.53. The molecular weight excluding hydrogens is 425 g/mol. The van der Waals surface area contributed by atoms with E-state index in [1.165, 1.54) is 10.9 Å². The molecular formula is C19H20ClF3N4O3. The third kappa shape index (κ3) is 3.46. The van der Waals surface area contributed by atoms with E-state index in [1.807, 2.05) is 0 Å². The number of hydrogen-bond donors (Lipinski definition) is 1. The van der Waals surface area contributed by atoms with Crippen molar-refractivity contribution >= 4 is 17.5 Å². The van der Waals surface area contributed by atoms with Crippen molar-refractivity contribution in [3.05, 3.63) is 46.2 Å². The monoisotopic (exact) mass is 444 g/mol. The number of rotatable bonds is 1. The van der Waals surface area contributed by atoms with E-state index < -0.39 is 35.9 Å². The summed E-state index contributed by atoms with van der Waals surface area (Å²) in [7, 11) is 1.60. The predicted molar refractivity (Wildman–Crippen MR) is 99.4 cm³/mol. The van der Waals surface area contributed by atoms with Gasteiger partial charge in [0.1, 0.15) is 11.8 Å². The van der Waals surface area contributed by atoms with Crippen LogP contribution in [-0.4, -0.2) is 49.7 Å². The van der Waals surface area contributed by atoms with Crippen LogP contribution in [0.5, 0.6) is 0 Å². The van der Waals surface area contributed by atoms with Gasteiger partial charge in [-0.25, -0.2) is 0 Å². The molecule has 2 aliphatic rings. The maximum Gasteiger partial charge on any atom is 0.471 e. The van der Waals surface area contributed by atoms with E-state index in [0.717, 1.165) is 4.90 Å². The van der Waals surface area contributed by atoms with Crippen LogP contribution in [0.3, 0.4) is 0 Å². The highest BCUT2D eigenvalue weighted by molar-refractivity contribution is 6.30. The Kier molecular flexibility index (Phi) is 5.06. The Morgan fingerprint density at radius 1 is 1.37 bits per heavy atom. The number of likely N-dealkylation sites (tertiary alicyclic amines) is 1. The molecule has 1 aromatic heterocycles. The first kappa shape index (κ1) is 21.1. The van der Waals surface area contributed by atoms with Crippen LogP contribution in [0.2, 0.25) is 5.02 Å². The predicted octanol–water partition coefficient (Wildman–Crippen LogP) is 3.04. The average molecular weight is 445 g/mol. The molecule has 1 spiro atoms. The third-order valence-electron chi connectivity index (χ3n) is 5.78. The molecule has 1 N–H and O–H groups in total. The number of amides is 1. The molecule has 3 heterocycles. The fourth-order valence-corrected chi connectivity index (χ4v) is 4.78. The van der Waals surface area contributed by atoms with Crippen molar-refractivity contribution in [2.75, 3.05) is 6.61 Å². The minimum absolute atomic E-state index is 0.0273. The lowest BCUT2D eigenvalue weighted by molar-refractivity contribution is -0.204. The average Bonchev–Trinajstić information content (AvgIpc) is 3.10. The molecule has 1 amide bonds. The fraction of sp³-hybridized carbons (Fsp3) is 0.526. The number of carbonyl (C=O) groups excluding carboxylic acids is 1. The number of aliphatic hydroxyl groups excluding tert-OH is 1.